The first kappa shape index (κ1) is 20.0. The molecule has 2 N–H and O–H groups in total. The number of nitrogens with one attached hydrogen (secondary N) is 1. The molecular formula is C18H28N2O4. The number of aliphatic carboxylic acids is 1. The van der Waals surface area contributed by atoms with Crippen molar-refractivity contribution in [2.24, 2.45) is 5.92 Å². The van der Waals surface area contributed by atoms with Gasteiger partial charge in [0.15, 0.2) is 0 Å². The first-order chi connectivity index (χ1) is 11.1. The van der Waals surface area contributed by atoms with Crippen LogP contribution in [0, 0.1) is 5.92 Å². The summed E-state index contributed by atoms with van der Waals surface area (Å²) in [4.78, 5) is 23.9. The molecule has 0 aliphatic carbocycles. The number of amides is 1. The van der Waals surface area contributed by atoms with Crippen LogP contribution in [-0.2, 0) is 16.1 Å². The summed E-state index contributed by atoms with van der Waals surface area (Å²) in [7, 11) is 0. The summed E-state index contributed by atoms with van der Waals surface area (Å²) in [5.74, 6) is -1.11. The van der Waals surface area contributed by atoms with E-state index in [0.29, 0.717) is 6.42 Å². The zero-order valence-electron chi connectivity index (χ0n) is 15.1. The average molecular weight is 336 g/mol. The van der Waals surface area contributed by atoms with Gasteiger partial charge < -0.3 is 9.84 Å². The van der Waals surface area contributed by atoms with E-state index in [-0.39, 0.29) is 12.5 Å². The van der Waals surface area contributed by atoms with Crippen LogP contribution in [0.1, 0.15) is 46.6 Å². The summed E-state index contributed by atoms with van der Waals surface area (Å²) in [5.41, 5.74) is 2.86. The van der Waals surface area contributed by atoms with Crippen molar-refractivity contribution >= 4 is 12.1 Å². The molecule has 0 fully saturated rings. The third-order valence-electron chi connectivity index (χ3n) is 3.60. The van der Waals surface area contributed by atoms with Gasteiger partial charge >= 0.3 is 12.1 Å². The molecule has 0 aliphatic heterocycles. The lowest BCUT2D eigenvalue weighted by atomic mass is 9.98. The Hall–Kier alpha value is -2.08. The largest absolute Gasteiger partial charge is 0.480 e. The summed E-state index contributed by atoms with van der Waals surface area (Å²) in [6.07, 6.45) is 0.0196. The number of hydrogen-bond acceptors (Lipinski definition) is 4. The Morgan fingerprint density at radius 1 is 1.25 bits per heavy atom. The molecule has 0 saturated heterocycles. The first-order valence-electron chi connectivity index (χ1n) is 8.17. The lowest BCUT2D eigenvalue weighted by Crippen LogP contribution is -2.54. The van der Waals surface area contributed by atoms with E-state index in [9.17, 15) is 14.7 Å². The predicted octanol–water partition coefficient (Wildman–Crippen LogP) is 3.43. The second kappa shape index (κ2) is 8.68. The highest BCUT2D eigenvalue weighted by molar-refractivity contribution is 5.75. The van der Waals surface area contributed by atoms with Crippen molar-refractivity contribution in [3.05, 3.63) is 35.9 Å². The molecule has 24 heavy (non-hydrogen) atoms. The fourth-order valence-electron chi connectivity index (χ4n) is 2.31. The van der Waals surface area contributed by atoms with Gasteiger partial charge in [-0.25, -0.2) is 4.79 Å². The molecule has 134 valence electrons. The van der Waals surface area contributed by atoms with Gasteiger partial charge in [-0.05, 0) is 32.3 Å². The van der Waals surface area contributed by atoms with E-state index in [1.807, 2.05) is 44.2 Å². The van der Waals surface area contributed by atoms with Gasteiger partial charge in [0.2, 0.25) is 0 Å². The SMILES string of the molecule is CC[C@H](C)[C@@H](C(=O)O)N(Cc1ccccc1)NC(=O)OC(C)(C)C. The molecule has 1 rings (SSSR count). The maximum absolute atomic E-state index is 12.1. The van der Waals surface area contributed by atoms with Gasteiger partial charge in [0, 0.05) is 6.54 Å². The number of hydrogen-bond donors (Lipinski definition) is 2. The van der Waals surface area contributed by atoms with Crippen molar-refractivity contribution in [1.82, 2.24) is 10.4 Å². The van der Waals surface area contributed by atoms with Gasteiger partial charge in [0.1, 0.15) is 11.6 Å². The number of hydrazine groups is 1. The fraction of sp³-hybridized carbons (Fsp3) is 0.556. The van der Waals surface area contributed by atoms with E-state index in [1.165, 1.54) is 5.01 Å². The van der Waals surface area contributed by atoms with Crippen molar-refractivity contribution in [3.8, 4) is 0 Å². The van der Waals surface area contributed by atoms with Crippen LogP contribution in [0.5, 0.6) is 0 Å². The minimum Gasteiger partial charge on any atom is -0.480 e. The molecule has 0 bridgehead atoms. The third-order valence-corrected chi connectivity index (χ3v) is 3.60. The summed E-state index contributed by atoms with van der Waals surface area (Å²) < 4.78 is 5.26. The number of nitrogens with zero attached hydrogens (tertiary/aromatic N) is 1. The number of carbonyl (C=O) groups excluding carboxylic acids is 1. The van der Waals surface area contributed by atoms with E-state index in [2.05, 4.69) is 5.43 Å². The molecule has 2 atom stereocenters. The monoisotopic (exact) mass is 336 g/mol. The Balaban J connectivity index is 3.01. The van der Waals surface area contributed by atoms with Gasteiger partial charge in [-0.1, -0.05) is 50.6 Å². The quantitative estimate of drug-likeness (QED) is 0.746. The van der Waals surface area contributed by atoms with Crippen molar-refractivity contribution in [3.63, 3.8) is 0 Å². The molecule has 0 aromatic heterocycles. The number of rotatable bonds is 7. The van der Waals surface area contributed by atoms with Crippen molar-refractivity contribution < 1.29 is 19.4 Å². The van der Waals surface area contributed by atoms with Crippen LogP contribution in [0.2, 0.25) is 0 Å². The zero-order valence-corrected chi connectivity index (χ0v) is 15.1. The van der Waals surface area contributed by atoms with Crippen molar-refractivity contribution in [2.45, 2.75) is 59.2 Å². The number of carbonyl (C=O) groups is 2. The fourth-order valence-corrected chi connectivity index (χ4v) is 2.31. The molecule has 0 unspecified atom stereocenters. The van der Waals surface area contributed by atoms with Crippen LogP contribution < -0.4 is 5.43 Å². The summed E-state index contributed by atoms with van der Waals surface area (Å²) in [6, 6.07) is 8.57. The molecule has 1 amide bonds. The van der Waals surface area contributed by atoms with Crippen LogP contribution >= 0.6 is 0 Å². The number of benzene rings is 1. The highest BCUT2D eigenvalue weighted by Crippen LogP contribution is 2.17. The smallest absolute Gasteiger partial charge is 0.422 e. The average Bonchev–Trinajstić information content (AvgIpc) is 2.45. The lowest BCUT2D eigenvalue weighted by molar-refractivity contribution is -0.147. The van der Waals surface area contributed by atoms with Gasteiger partial charge in [0.25, 0.3) is 0 Å². The number of ether oxygens (including phenoxy) is 1. The van der Waals surface area contributed by atoms with Crippen molar-refractivity contribution in [2.75, 3.05) is 0 Å². The van der Waals surface area contributed by atoms with E-state index in [1.54, 1.807) is 20.8 Å². The molecule has 0 saturated carbocycles. The van der Waals surface area contributed by atoms with Crippen LogP contribution in [-0.4, -0.2) is 33.8 Å². The van der Waals surface area contributed by atoms with Crippen molar-refractivity contribution in [1.29, 1.82) is 0 Å². The second-order valence-electron chi connectivity index (χ2n) is 6.90. The first-order valence-corrected chi connectivity index (χ1v) is 8.17. The minimum atomic E-state index is -0.976. The van der Waals surface area contributed by atoms with Crippen LogP contribution in [0.25, 0.3) is 0 Å². The molecule has 0 aliphatic rings. The molecule has 1 aromatic carbocycles. The van der Waals surface area contributed by atoms with Gasteiger partial charge in [0.05, 0.1) is 0 Å². The summed E-state index contributed by atoms with van der Waals surface area (Å²) >= 11 is 0. The topological polar surface area (TPSA) is 78.9 Å². The Morgan fingerprint density at radius 2 is 1.83 bits per heavy atom. The minimum absolute atomic E-state index is 0.138. The van der Waals surface area contributed by atoms with Crippen LogP contribution in [0.15, 0.2) is 30.3 Å². The van der Waals surface area contributed by atoms with Gasteiger partial charge in [-0.3, -0.25) is 10.2 Å². The highest BCUT2D eigenvalue weighted by atomic mass is 16.6. The Bertz CT molecular complexity index is 540. The lowest BCUT2D eigenvalue weighted by Gasteiger charge is -2.33. The van der Waals surface area contributed by atoms with E-state index < -0.39 is 23.7 Å². The maximum Gasteiger partial charge on any atom is 0.422 e. The molecule has 0 heterocycles. The highest BCUT2D eigenvalue weighted by Gasteiger charge is 2.32. The van der Waals surface area contributed by atoms with Gasteiger partial charge in [-0.2, -0.15) is 5.01 Å². The van der Waals surface area contributed by atoms with Gasteiger partial charge in [-0.15, -0.1) is 0 Å². The number of carboxylic acid groups (broad SMARTS) is 1. The summed E-state index contributed by atoms with van der Waals surface area (Å²) in [6.45, 7) is 9.34. The third kappa shape index (κ3) is 6.58. The molecule has 0 radical (unpaired) electrons. The number of carboxylic acids is 1. The molecule has 0 spiro atoms. The Labute approximate surface area is 143 Å². The predicted molar refractivity (Wildman–Crippen MR) is 92.2 cm³/mol. The maximum atomic E-state index is 12.1. The molecule has 6 heteroatoms. The van der Waals surface area contributed by atoms with Crippen LogP contribution in [0.3, 0.4) is 0 Å². The Morgan fingerprint density at radius 3 is 2.29 bits per heavy atom. The standard InChI is InChI=1S/C18H28N2O4/c1-6-13(2)15(16(21)22)20(12-14-10-8-7-9-11-14)19-17(23)24-18(3,4)5/h7-11,13,15H,6,12H2,1-5H3,(H,19,23)(H,21,22)/t13-,15-/m0/s1. The molecule has 6 nitrogen and oxygen atoms in total. The molecular weight excluding hydrogens is 308 g/mol. The van der Waals surface area contributed by atoms with E-state index in [4.69, 9.17) is 4.74 Å². The Kier molecular flexibility index (Phi) is 7.22. The second-order valence-corrected chi connectivity index (χ2v) is 6.90. The summed E-state index contributed by atoms with van der Waals surface area (Å²) in [5, 5.41) is 11.1. The van der Waals surface area contributed by atoms with E-state index in [0.717, 1.165) is 5.56 Å². The normalized spacial score (nSPS) is 14.1. The zero-order chi connectivity index (χ0) is 18.3. The van der Waals surface area contributed by atoms with E-state index >= 15 is 0 Å². The van der Waals surface area contributed by atoms with Crippen LogP contribution in [0.4, 0.5) is 4.79 Å². The molecule has 1 aromatic rings.